The van der Waals surface area contributed by atoms with Gasteiger partial charge in [-0.25, -0.2) is 4.98 Å². The summed E-state index contributed by atoms with van der Waals surface area (Å²) in [6.07, 6.45) is 2.31. The van der Waals surface area contributed by atoms with Crippen molar-refractivity contribution in [2.45, 2.75) is 0 Å². The number of carbonyl (C=O) groups excluding carboxylic acids is 1. The number of nitrogens with one attached hydrogen (secondary N) is 1. The first kappa shape index (κ1) is 9.45. The number of benzene rings is 1. The lowest BCUT2D eigenvalue weighted by molar-refractivity contribution is 0.111. The lowest BCUT2D eigenvalue weighted by Gasteiger charge is -2.01. The topological polar surface area (TPSA) is 55.0 Å². The maximum Gasteiger partial charge on any atom is 0.185 e. The third kappa shape index (κ3) is 1.88. The fourth-order valence-electron chi connectivity index (χ4n) is 1.33. The molecule has 1 N–H and O–H groups in total. The minimum atomic E-state index is 0.327. The summed E-state index contributed by atoms with van der Waals surface area (Å²) in [5, 5.41) is 0. The van der Waals surface area contributed by atoms with Crippen LogP contribution in [-0.4, -0.2) is 23.4 Å². The maximum absolute atomic E-state index is 10.5. The molecule has 0 spiro atoms. The second kappa shape index (κ2) is 3.96. The fourth-order valence-corrected chi connectivity index (χ4v) is 1.33. The summed E-state index contributed by atoms with van der Waals surface area (Å²) >= 11 is 0. The Labute approximate surface area is 86.9 Å². The van der Waals surface area contributed by atoms with Crippen molar-refractivity contribution in [1.29, 1.82) is 0 Å². The molecule has 0 aliphatic heterocycles. The van der Waals surface area contributed by atoms with Gasteiger partial charge in [0.15, 0.2) is 12.1 Å². The van der Waals surface area contributed by atoms with Gasteiger partial charge in [0, 0.05) is 5.56 Å². The summed E-state index contributed by atoms with van der Waals surface area (Å²) in [5.41, 5.74) is 1.74. The van der Waals surface area contributed by atoms with Crippen molar-refractivity contribution in [1.82, 2.24) is 9.97 Å². The molecule has 0 saturated carbocycles. The van der Waals surface area contributed by atoms with E-state index in [4.69, 9.17) is 4.74 Å². The molecule has 4 heteroatoms. The molecule has 0 amide bonds. The van der Waals surface area contributed by atoms with Crippen LogP contribution in [0.4, 0.5) is 0 Å². The van der Waals surface area contributed by atoms with Gasteiger partial charge in [-0.15, -0.1) is 0 Å². The highest BCUT2D eigenvalue weighted by atomic mass is 16.5. The quantitative estimate of drug-likeness (QED) is 0.773. The van der Waals surface area contributed by atoms with Crippen LogP contribution in [0.15, 0.2) is 30.5 Å². The monoisotopic (exact) mass is 202 g/mol. The Morgan fingerprint density at radius 2 is 2.33 bits per heavy atom. The van der Waals surface area contributed by atoms with Gasteiger partial charge in [0.2, 0.25) is 0 Å². The van der Waals surface area contributed by atoms with E-state index in [9.17, 15) is 4.79 Å². The second-order valence-electron chi connectivity index (χ2n) is 3.03. The third-order valence-corrected chi connectivity index (χ3v) is 2.09. The summed E-state index contributed by atoms with van der Waals surface area (Å²) in [6.45, 7) is 0. The lowest BCUT2D eigenvalue weighted by Crippen LogP contribution is -1.84. The molecule has 0 unspecified atom stereocenters. The number of aldehydes is 1. The van der Waals surface area contributed by atoms with E-state index in [-0.39, 0.29) is 0 Å². The molecule has 0 aliphatic carbocycles. The average Bonchev–Trinajstić information content (AvgIpc) is 2.78. The molecule has 1 aromatic carbocycles. The van der Waals surface area contributed by atoms with E-state index in [1.165, 1.54) is 0 Å². The van der Waals surface area contributed by atoms with Crippen LogP contribution < -0.4 is 4.74 Å². The largest absolute Gasteiger partial charge is 0.497 e. The molecule has 2 aromatic rings. The van der Waals surface area contributed by atoms with Crippen LogP contribution in [-0.2, 0) is 0 Å². The zero-order valence-corrected chi connectivity index (χ0v) is 8.23. The number of hydrogen-bond donors (Lipinski definition) is 1. The van der Waals surface area contributed by atoms with Crippen LogP contribution in [0.2, 0.25) is 0 Å². The Hall–Kier alpha value is -2.10. The number of hydrogen-bond acceptors (Lipinski definition) is 3. The highest BCUT2D eigenvalue weighted by Crippen LogP contribution is 2.21. The molecule has 1 heterocycles. The SMILES string of the molecule is COc1cccc(-c2cnc(C=O)[nH]2)c1. The standard InChI is InChI=1S/C11H10N2O2/c1-15-9-4-2-3-8(5-9)10-6-12-11(7-14)13-10/h2-7H,1H3,(H,12,13). The Morgan fingerprint density at radius 1 is 1.47 bits per heavy atom. The van der Waals surface area contributed by atoms with Gasteiger partial charge >= 0.3 is 0 Å². The first-order valence-corrected chi connectivity index (χ1v) is 4.48. The zero-order valence-electron chi connectivity index (χ0n) is 8.23. The van der Waals surface area contributed by atoms with Crippen molar-refractivity contribution in [2.75, 3.05) is 7.11 Å². The van der Waals surface area contributed by atoms with Crippen LogP contribution in [0.25, 0.3) is 11.3 Å². The summed E-state index contributed by atoms with van der Waals surface area (Å²) < 4.78 is 5.11. The van der Waals surface area contributed by atoms with Crippen molar-refractivity contribution < 1.29 is 9.53 Å². The molecular formula is C11H10N2O2. The van der Waals surface area contributed by atoms with Crippen molar-refractivity contribution in [2.24, 2.45) is 0 Å². The molecule has 1 aromatic heterocycles. The Balaban J connectivity index is 2.39. The average molecular weight is 202 g/mol. The van der Waals surface area contributed by atoms with E-state index in [0.29, 0.717) is 12.1 Å². The van der Waals surface area contributed by atoms with E-state index in [2.05, 4.69) is 9.97 Å². The molecule has 0 saturated heterocycles. The fraction of sp³-hybridized carbons (Fsp3) is 0.0909. The predicted molar refractivity (Wildman–Crippen MR) is 56.0 cm³/mol. The number of nitrogens with zero attached hydrogens (tertiary/aromatic N) is 1. The molecule has 0 atom stereocenters. The number of aromatic nitrogens is 2. The normalized spacial score (nSPS) is 9.93. The van der Waals surface area contributed by atoms with Crippen LogP contribution in [0, 0.1) is 0 Å². The van der Waals surface area contributed by atoms with Gasteiger partial charge < -0.3 is 9.72 Å². The summed E-state index contributed by atoms with van der Waals surface area (Å²) in [5.74, 6) is 1.10. The van der Waals surface area contributed by atoms with E-state index in [0.717, 1.165) is 17.0 Å². The Kier molecular flexibility index (Phi) is 2.49. The van der Waals surface area contributed by atoms with E-state index in [1.54, 1.807) is 13.3 Å². The van der Waals surface area contributed by atoms with Gasteiger partial charge in [-0.2, -0.15) is 0 Å². The summed E-state index contributed by atoms with van der Waals surface area (Å²) in [7, 11) is 1.61. The molecule has 15 heavy (non-hydrogen) atoms. The van der Waals surface area contributed by atoms with Crippen LogP contribution in [0.3, 0.4) is 0 Å². The van der Waals surface area contributed by atoms with Gasteiger partial charge in [-0.3, -0.25) is 4.79 Å². The van der Waals surface area contributed by atoms with Crippen molar-refractivity contribution >= 4 is 6.29 Å². The van der Waals surface area contributed by atoms with Gasteiger partial charge in [0.25, 0.3) is 0 Å². The van der Waals surface area contributed by atoms with E-state index < -0.39 is 0 Å². The summed E-state index contributed by atoms with van der Waals surface area (Å²) in [6, 6.07) is 7.54. The highest BCUT2D eigenvalue weighted by molar-refractivity contribution is 5.72. The van der Waals surface area contributed by atoms with Gasteiger partial charge in [-0.05, 0) is 12.1 Å². The van der Waals surface area contributed by atoms with Crippen molar-refractivity contribution in [3.8, 4) is 17.0 Å². The first-order chi connectivity index (χ1) is 7.33. The number of carbonyl (C=O) groups is 1. The highest BCUT2D eigenvalue weighted by Gasteiger charge is 2.03. The third-order valence-electron chi connectivity index (χ3n) is 2.09. The van der Waals surface area contributed by atoms with Gasteiger partial charge in [-0.1, -0.05) is 12.1 Å². The Bertz CT molecular complexity index is 477. The van der Waals surface area contributed by atoms with E-state index >= 15 is 0 Å². The summed E-state index contributed by atoms with van der Waals surface area (Å²) in [4.78, 5) is 17.3. The number of methoxy groups -OCH3 is 1. The van der Waals surface area contributed by atoms with E-state index in [1.807, 2.05) is 24.3 Å². The number of H-pyrrole nitrogens is 1. The molecule has 2 rings (SSSR count). The molecule has 0 radical (unpaired) electrons. The van der Waals surface area contributed by atoms with Gasteiger partial charge in [0.05, 0.1) is 19.0 Å². The number of ether oxygens (including phenoxy) is 1. The smallest absolute Gasteiger partial charge is 0.185 e. The van der Waals surface area contributed by atoms with Crippen molar-refractivity contribution in [3.63, 3.8) is 0 Å². The number of imidazole rings is 1. The molecular weight excluding hydrogens is 192 g/mol. The first-order valence-electron chi connectivity index (χ1n) is 4.48. The maximum atomic E-state index is 10.5. The minimum Gasteiger partial charge on any atom is -0.497 e. The molecule has 76 valence electrons. The zero-order chi connectivity index (χ0) is 10.7. The molecule has 4 nitrogen and oxygen atoms in total. The van der Waals surface area contributed by atoms with Crippen LogP contribution in [0.1, 0.15) is 10.6 Å². The van der Waals surface area contributed by atoms with Crippen LogP contribution in [0.5, 0.6) is 5.75 Å². The molecule has 0 bridgehead atoms. The Morgan fingerprint density at radius 3 is 3.00 bits per heavy atom. The second-order valence-corrected chi connectivity index (χ2v) is 3.03. The lowest BCUT2D eigenvalue weighted by atomic mass is 10.1. The van der Waals surface area contributed by atoms with Crippen molar-refractivity contribution in [3.05, 3.63) is 36.3 Å². The molecule has 0 fully saturated rings. The van der Waals surface area contributed by atoms with Crippen LogP contribution >= 0.6 is 0 Å². The predicted octanol–water partition coefficient (Wildman–Crippen LogP) is 1.90. The molecule has 0 aliphatic rings. The van der Waals surface area contributed by atoms with Gasteiger partial charge in [0.1, 0.15) is 5.75 Å². The number of rotatable bonds is 3. The minimum absolute atomic E-state index is 0.327. The number of aromatic amines is 1.